The Morgan fingerprint density at radius 3 is 2.89 bits per heavy atom. The lowest BCUT2D eigenvalue weighted by Gasteiger charge is -2.15. The van der Waals surface area contributed by atoms with E-state index in [0.717, 1.165) is 35.7 Å². The molecule has 0 bridgehead atoms. The number of nitrogens with one attached hydrogen (secondary N) is 1. The van der Waals surface area contributed by atoms with Crippen LogP contribution in [0, 0.1) is 0 Å². The van der Waals surface area contributed by atoms with Gasteiger partial charge >= 0.3 is 0 Å². The lowest BCUT2D eigenvalue weighted by molar-refractivity contribution is -0.123. The summed E-state index contributed by atoms with van der Waals surface area (Å²) in [5, 5.41) is 3.89. The van der Waals surface area contributed by atoms with Crippen LogP contribution in [0.1, 0.15) is 53.5 Å². The number of Topliss-reactive ketones (excluding diaryl/α,β-unsaturated/α-hetero) is 1. The van der Waals surface area contributed by atoms with Crippen LogP contribution in [0.25, 0.3) is 10.9 Å². The third kappa shape index (κ3) is 3.25. The van der Waals surface area contributed by atoms with Crippen LogP contribution in [0.4, 0.5) is 0 Å². The molecule has 2 aromatic heterocycles. The van der Waals surface area contributed by atoms with Crippen molar-refractivity contribution in [3.63, 3.8) is 0 Å². The number of ketones is 1. The Kier molecular flexibility index (Phi) is 4.52. The van der Waals surface area contributed by atoms with E-state index in [9.17, 15) is 9.59 Å². The van der Waals surface area contributed by atoms with E-state index in [1.165, 1.54) is 11.3 Å². The van der Waals surface area contributed by atoms with Crippen LogP contribution in [-0.4, -0.2) is 21.2 Å². The molecule has 0 fully saturated rings. The highest BCUT2D eigenvalue weighted by atomic mass is 16.2. The highest BCUT2D eigenvalue weighted by Crippen LogP contribution is 2.25. The van der Waals surface area contributed by atoms with Gasteiger partial charge in [-0.1, -0.05) is 24.3 Å². The number of fused-ring (bicyclic) bond motifs is 2. The van der Waals surface area contributed by atoms with Gasteiger partial charge in [0.1, 0.15) is 6.04 Å². The average Bonchev–Trinajstić information content (AvgIpc) is 3.29. The van der Waals surface area contributed by atoms with E-state index < -0.39 is 6.04 Å². The van der Waals surface area contributed by atoms with E-state index >= 15 is 0 Å². The second-order valence-corrected chi connectivity index (χ2v) is 7.22. The minimum Gasteiger partial charge on any atom is -0.350 e. The Bertz CT molecular complexity index is 1040. The zero-order valence-corrected chi connectivity index (χ0v) is 15.7. The number of carbonyl (C=O) groups excluding carboxylic acids is 2. The molecule has 4 rings (SSSR count). The molecule has 5 heteroatoms. The van der Waals surface area contributed by atoms with Crippen LogP contribution in [0.15, 0.2) is 42.7 Å². The summed E-state index contributed by atoms with van der Waals surface area (Å²) in [7, 11) is 0. The molecule has 1 amide bonds. The van der Waals surface area contributed by atoms with Gasteiger partial charge in [-0.3, -0.25) is 14.6 Å². The first-order chi connectivity index (χ1) is 13.0. The minimum absolute atomic E-state index is 0.00164. The van der Waals surface area contributed by atoms with Gasteiger partial charge in [0.15, 0.2) is 5.78 Å². The Hall–Kier alpha value is -2.95. The predicted molar refractivity (Wildman–Crippen MR) is 105 cm³/mol. The summed E-state index contributed by atoms with van der Waals surface area (Å²) in [4.78, 5) is 29.2. The predicted octanol–water partition coefficient (Wildman–Crippen LogP) is 3.61. The van der Waals surface area contributed by atoms with Crippen LogP contribution < -0.4 is 5.32 Å². The maximum atomic E-state index is 12.7. The van der Waals surface area contributed by atoms with Crippen molar-refractivity contribution >= 4 is 22.6 Å². The summed E-state index contributed by atoms with van der Waals surface area (Å²) in [6, 6.07) is 9.43. The molecular weight excluding hydrogens is 338 g/mol. The maximum Gasteiger partial charge on any atom is 0.243 e. The highest BCUT2D eigenvalue weighted by molar-refractivity contribution is 6.07. The Morgan fingerprint density at radius 1 is 1.26 bits per heavy atom. The number of aryl methyl sites for hydroxylation is 2. The number of amides is 1. The molecule has 138 valence electrons. The van der Waals surface area contributed by atoms with Gasteiger partial charge in [-0.05, 0) is 50.3 Å². The van der Waals surface area contributed by atoms with Gasteiger partial charge in [0, 0.05) is 41.1 Å². The van der Waals surface area contributed by atoms with E-state index in [1.54, 1.807) is 13.1 Å². The number of benzene rings is 1. The van der Waals surface area contributed by atoms with Crippen molar-refractivity contribution in [3.8, 4) is 0 Å². The fourth-order valence-electron chi connectivity index (χ4n) is 3.84. The van der Waals surface area contributed by atoms with Crippen molar-refractivity contribution in [1.29, 1.82) is 0 Å². The van der Waals surface area contributed by atoms with Crippen molar-refractivity contribution in [2.45, 2.75) is 45.7 Å². The molecule has 1 unspecified atom stereocenters. The van der Waals surface area contributed by atoms with Crippen molar-refractivity contribution in [3.05, 3.63) is 65.1 Å². The first-order valence-corrected chi connectivity index (χ1v) is 9.39. The molecule has 1 aromatic carbocycles. The number of aromatic nitrogens is 2. The molecule has 0 saturated carbocycles. The van der Waals surface area contributed by atoms with E-state index in [-0.39, 0.29) is 11.7 Å². The van der Waals surface area contributed by atoms with Crippen LogP contribution >= 0.6 is 0 Å². The van der Waals surface area contributed by atoms with Crippen molar-refractivity contribution in [1.82, 2.24) is 14.9 Å². The molecule has 2 heterocycles. The summed E-state index contributed by atoms with van der Waals surface area (Å²) in [6.07, 6.45) is 6.93. The third-order valence-corrected chi connectivity index (χ3v) is 5.36. The van der Waals surface area contributed by atoms with E-state index in [2.05, 4.69) is 16.4 Å². The van der Waals surface area contributed by atoms with Gasteiger partial charge in [-0.15, -0.1) is 0 Å². The number of hydrogen-bond donors (Lipinski definition) is 1. The molecule has 1 aliphatic carbocycles. The summed E-state index contributed by atoms with van der Waals surface area (Å²) in [5.41, 5.74) is 5.06. The van der Waals surface area contributed by atoms with E-state index in [4.69, 9.17) is 0 Å². The summed E-state index contributed by atoms with van der Waals surface area (Å²) >= 11 is 0. The van der Waals surface area contributed by atoms with Crippen molar-refractivity contribution in [2.75, 3.05) is 0 Å². The van der Waals surface area contributed by atoms with Crippen LogP contribution in [0.2, 0.25) is 0 Å². The zero-order valence-electron chi connectivity index (χ0n) is 15.7. The molecule has 0 radical (unpaired) electrons. The topological polar surface area (TPSA) is 64.0 Å². The molecule has 1 N–H and O–H groups in total. The van der Waals surface area contributed by atoms with Crippen LogP contribution in [0.5, 0.6) is 0 Å². The molecule has 1 atom stereocenters. The summed E-state index contributed by atoms with van der Waals surface area (Å²) in [6.45, 7) is 3.87. The second-order valence-electron chi connectivity index (χ2n) is 7.22. The number of nitrogens with zero attached hydrogens (tertiary/aromatic N) is 2. The largest absolute Gasteiger partial charge is 0.350 e. The third-order valence-electron chi connectivity index (χ3n) is 5.36. The normalized spacial score (nSPS) is 14.1. The number of para-hydroxylation sites is 1. The second kappa shape index (κ2) is 6.99. The average molecular weight is 361 g/mol. The minimum atomic E-state index is -0.412. The fourth-order valence-corrected chi connectivity index (χ4v) is 3.84. The van der Waals surface area contributed by atoms with E-state index in [1.807, 2.05) is 42.0 Å². The first kappa shape index (κ1) is 17.5. The monoisotopic (exact) mass is 361 g/mol. The molecule has 0 spiro atoms. The molecule has 5 nitrogen and oxygen atoms in total. The Labute approximate surface area is 158 Å². The van der Waals surface area contributed by atoms with Gasteiger partial charge < -0.3 is 9.88 Å². The molecule has 1 aliphatic rings. The summed E-state index contributed by atoms with van der Waals surface area (Å²) in [5.74, 6) is -0.0758. The molecule has 27 heavy (non-hydrogen) atoms. The Morgan fingerprint density at radius 2 is 2.07 bits per heavy atom. The molecule has 0 aliphatic heterocycles. The van der Waals surface area contributed by atoms with Gasteiger partial charge in [-0.2, -0.15) is 0 Å². The van der Waals surface area contributed by atoms with Gasteiger partial charge in [-0.25, -0.2) is 0 Å². The number of carbonyl (C=O) groups is 2. The fraction of sp³-hybridized carbons (Fsp3) is 0.318. The van der Waals surface area contributed by atoms with Gasteiger partial charge in [0.25, 0.3) is 0 Å². The first-order valence-electron chi connectivity index (χ1n) is 9.39. The zero-order chi connectivity index (χ0) is 19.0. The molecular formula is C22H23N3O2. The number of hydrogen-bond acceptors (Lipinski definition) is 3. The van der Waals surface area contributed by atoms with Crippen LogP contribution in [0.3, 0.4) is 0 Å². The summed E-state index contributed by atoms with van der Waals surface area (Å²) < 4.78 is 1.88. The Balaban J connectivity index is 1.53. The van der Waals surface area contributed by atoms with Gasteiger partial charge in [0.2, 0.25) is 5.91 Å². The van der Waals surface area contributed by atoms with Crippen molar-refractivity contribution < 1.29 is 9.59 Å². The number of pyridine rings is 1. The number of rotatable bonds is 5. The quantitative estimate of drug-likeness (QED) is 0.706. The lowest BCUT2D eigenvalue weighted by Crippen LogP contribution is -2.30. The maximum absolute atomic E-state index is 12.7. The van der Waals surface area contributed by atoms with Crippen LogP contribution in [-0.2, 0) is 24.2 Å². The molecule has 0 saturated heterocycles. The van der Waals surface area contributed by atoms with E-state index in [0.29, 0.717) is 12.1 Å². The smallest absolute Gasteiger partial charge is 0.243 e. The highest BCUT2D eigenvalue weighted by Gasteiger charge is 2.20. The van der Waals surface area contributed by atoms with Crippen molar-refractivity contribution in [2.24, 2.45) is 0 Å². The standard InChI is InChI=1S/C22H23N3O2/c1-14(25-13-19(15(2)26)18-7-3-4-9-21(18)25)22(27)24-12-16-10-17-6-5-8-20(17)23-11-16/h3-4,7,9-11,13-14H,5-6,8,12H2,1-2H3,(H,24,27). The van der Waals surface area contributed by atoms with Gasteiger partial charge in [0.05, 0.1) is 0 Å². The lowest BCUT2D eigenvalue weighted by atomic mass is 10.1. The SMILES string of the molecule is CC(=O)c1cn(C(C)C(=O)NCc2cnc3c(c2)CCC3)c2ccccc12. The molecule has 3 aromatic rings.